The number of fused-ring (bicyclic) bond motifs is 1. The molecule has 6 nitrogen and oxygen atoms in total. The second-order valence-corrected chi connectivity index (χ2v) is 7.43. The van der Waals surface area contributed by atoms with Crippen LogP contribution in [0.4, 0.5) is 0 Å². The van der Waals surface area contributed by atoms with Crippen LogP contribution < -0.4 is 0 Å². The first kappa shape index (κ1) is 19.6. The number of esters is 1. The second kappa shape index (κ2) is 7.82. The molecule has 2 fully saturated rings. The van der Waals surface area contributed by atoms with E-state index in [9.17, 15) is 4.79 Å². The van der Waals surface area contributed by atoms with E-state index in [1.54, 1.807) is 6.92 Å². The summed E-state index contributed by atoms with van der Waals surface area (Å²) in [6.45, 7) is 7.85. The van der Waals surface area contributed by atoms with Crippen molar-refractivity contribution in [3.05, 3.63) is 35.4 Å². The monoisotopic (exact) mass is 384 g/mol. The van der Waals surface area contributed by atoms with Gasteiger partial charge in [0.25, 0.3) is 0 Å². The van der Waals surface area contributed by atoms with Gasteiger partial charge in [-0.25, -0.2) is 0 Å². The van der Waals surface area contributed by atoms with Crippen molar-refractivity contribution in [1.29, 1.82) is 0 Å². The van der Waals surface area contributed by atoms with E-state index in [0.29, 0.717) is 6.61 Å². The molecule has 0 spiro atoms. The minimum absolute atomic E-state index is 0.209. The summed E-state index contributed by atoms with van der Waals surface area (Å²) in [5, 5.41) is 0. The fourth-order valence-corrected chi connectivity index (χ4v) is 3.32. The van der Waals surface area contributed by atoms with Gasteiger partial charge in [-0.05, 0) is 33.3 Å². The van der Waals surface area contributed by atoms with Gasteiger partial charge in [0.15, 0.2) is 12.1 Å². The molecule has 144 valence electrons. The van der Waals surface area contributed by atoms with Gasteiger partial charge < -0.3 is 23.7 Å². The first-order valence-electron chi connectivity index (χ1n) is 8.73. The van der Waals surface area contributed by atoms with Crippen molar-refractivity contribution >= 4 is 17.6 Å². The zero-order valence-electron chi connectivity index (χ0n) is 15.4. The van der Waals surface area contributed by atoms with Crippen LogP contribution in [-0.4, -0.2) is 48.3 Å². The Balaban J connectivity index is 1.71. The van der Waals surface area contributed by atoms with Crippen LogP contribution in [0.1, 0.15) is 31.9 Å². The van der Waals surface area contributed by atoms with Crippen LogP contribution in [0.5, 0.6) is 0 Å². The quantitative estimate of drug-likeness (QED) is 0.555. The van der Waals surface area contributed by atoms with E-state index in [2.05, 4.69) is 0 Å². The van der Waals surface area contributed by atoms with Crippen molar-refractivity contribution in [2.24, 2.45) is 0 Å². The standard InChI is InChI=1S/C19H25ClO6/c1-11-5-7-13(8-6-11)10-22-16-15(12(2)23-14(21)9-20)24-18-17(16)25-19(3,4)26-18/h5-8,12,15-18H,9-10H2,1-4H3/t12-,15-,16+,17-,18-/m1/s1. The molecular formula is C19H25ClO6. The number of benzene rings is 1. The third-order valence-corrected chi connectivity index (χ3v) is 4.70. The summed E-state index contributed by atoms with van der Waals surface area (Å²) in [7, 11) is 0. The lowest BCUT2D eigenvalue weighted by Gasteiger charge is -2.29. The van der Waals surface area contributed by atoms with Crippen LogP contribution in [0.25, 0.3) is 0 Å². The third kappa shape index (κ3) is 4.38. The summed E-state index contributed by atoms with van der Waals surface area (Å²) < 4.78 is 29.2. The molecule has 26 heavy (non-hydrogen) atoms. The molecule has 5 atom stereocenters. The average molecular weight is 385 g/mol. The summed E-state index contributed by atoms with van der Waals surface area (Å²) >= 11 is 5.53. The van der Waals surface area contributed by atoms with Crippen molar-refractivity contribution in [3.8, 4) is 0 Å². The normalized spacial score (nSPS) is 30.8. The van der Waals surface area contributed by atoms with Crippen molar-refractivity contribution in [2.45, 2.75) is 70.8 Å². The second-order valence-electron chi connectivity index (χ2n) is 7.16. The van der Waals surface area contributed by atoms with Crippen LogP contribution in [0.15, 0.2) is 24.3 Å². The average Bonchev–Trinajstić information content (AvgIpc) is 3.06. The van der Waals surface area contributed by atoms with Crippen molar-refractivity contribution < 1.29 is 28.5 Å². The molecule has 1 aromatic rings. The van der Waals surface area contributed by atoms with Crippen LogP contribution in [-0.2, 0) is 35.1 Å². The van der Waals surface area contributed by atoms with E-state index in [0.717, 1.165) is 5.56 Å². The van der Waals surface area contributed by atoms with Crippen LogP contribution >= 0.6 is 11.6 Å². The SMILES string of the molecule is Cc1ccc(CO[C@@H]2[C@H]3OC(C)(C)O[C@H]3O[C@@H]2[C@@H](C)OC(=O)CCl)cc1. The van der Waals surface area contributed by atoms with Crippen LogP contribution in [0, 0.1) is 6.92 Å². The maximum absolute atomic E-state index is 11.5. The van der Waals surface area contributed by atoms with Crippen molar-refractivity contribution in [3.63, 3.8) is 0 Å². The number of alkyl halides is 1. The van der Waals surface area contributed by atoms with Gasteiger partial charge in [-0.1, -0.05) is 29.8 Å². The number of rotatable bonds is 6. The zero-order valence-corrected chi connectivity index (χ0v) is 16.2. The molecule has 0 aliphatic carbocycles. The van der Waals surface area contributed by atoms with Gasteiger partial charge in [0.05, 0.1) is 6.61 Å². The van der Waals surface area contributed by atoms with Gasteiger partial charge in [0, 0.05) is 0 Å². The van der Waals surface area contributed by atoms with E-state index < -0.39 is 42.5 Å². The highest BCUT2D eigenvalue weighted by molar-refractivity contribution is 6.26. The maximum atomic E-state index is 11.5. The molecule has 2 heterocycles. The Morgan fingerprint density at radius 3 is 2.62 bits per heavy atom. The zero-order chi connectivity index (χ0) is 18.9. The Bertz CT molecular complexity index is 631. The first-order chi connectivity index (χ1) is 12.3. The molecule has 0 saturated carbocycles. The van der Waals surface area contributed by atoms with Gasteiger partial charge in [-0.3, -0.25) is 4.79 Å². The Hall–Kier alpha value is -1.18. The predicted octanol–water partition coefficient (Wildman–Crippen LogP) is 2.93. The van der Waals surface area contributed by atoms with Gasteiger partial charge in [0.2, 0.25) is 0 Å². The topological polar surface area (TPSA) is 63.2 Å². The molecule has 3 rings (SSSR count). The number of halogens is 1. The Kier molecular flexibility index (Phi) is 5.89. The van der Waals surface area contributed by atoms with E-state index >= 15 is 0 Å². The number of hydrogen-bond donors (Lipinski definition) is 0. The molecule has 0 N–H and O–H groups in total. The van der Waals surface area contributed by atoms with Gasteiger partial charge in [0.1, 0.15) is 30.3 Å². The largest absolute Gasteiger partial charge is 0.459 e. The third-order valence-electron chi connectivity index (χ3n) is 4.48. The van der Waals surface area contributed by atoms with Crippen molar-refractivity contribution in [1.82, 2.24) is 0 Å². The summed E-state index contributed by atoms with van der Waals surface area (Å²) in [4.78, 5) is 11.5. The Labute approximate surface area is 158 Å². The Morgan fingerprint density at radius 1 is 1.27 bits per heavy atom. The first-order valence-corrected chi connectivity index (χ1v) is 9.26. The van der Waals surface area contributed by atoms with E-state index in [4.69, 9.17) is 35.3 Å². The summed E-state index contributed by atoms with van der Waals surface area (Å²) in [6, 6.07) is 8.11. The lowest BCUT2D eigenvalue weighted by molar-refractivity contribution is -0.231. The van der Waals surface area contributed by atoms with Gasteiger partial charge >= 0.3 is 5.97 Å². The number of aryl methyl sites for hydroxylation is 1. The van der Waals surface area contributed by atoms with Gasteiger partial charge in [-0.15, -0.1) is 11.6 Å². The summed E-state index contributed by atoms with van der Waals surface area (Å²) in [5.41, 5.74) is 2.23. The van der Waals surface area contributed by atoms with Crippen LogP contribution in [0.3, 0.4) is 0 Å². The smallest absolute Gasteiger partial charge is 0.321 e. The molecular weight excluding hydrogens is 360 g/mol. The molecule has 0 radical (unpaired) electrons. The van der Waals surface area contributed by atoms with E-state index in [-0.39, 0.29) is 5.88 Å². The minimum Gasteiger partial charge on any atom is -0.459 e. The number of ether oxygens (including phenoxy) is 5. The lowest BCUT2D eigenvalue weighted by atomic mass is 10.1. The number of carbonyl (C=O) groups is 1. The summed E-state index contributed by atoms with van der Waals surface area (Å²) in [5.74, 6) is -1.46. The number of hydrogen-bond acceptors (Lipinski definition) is 6. The maximum Gasteiger partial charge on any atom is 0.321 e. The lowest BCUT2D eigenvalue weighted by Crippen LogP contribution is -2.43. The van der Waals surface area contributed by atoms with E-state index in [1.807, 2.05) is 45.0 Å². The molecule has 0 aromatic heterocycles. The highest BCUT2D eigenvalue weighted by Crippen LogP contribution is 2.40. The molecule has 0 amide bonds. The molecule has 0 bridgehead atoms. The predicted molar refractivity (Wildman–Crippen MR) is 94.7 cm³/mol. The molecule has 7 heteroatoms. The molecule has 0 unspecified atom stereocenters. The van der Waals surface area contributed by atoms with Gasteiger partial charge in [-0.2, -0.15) is 0 Å². The summed E-state index contributed by atoms with van der Waals surface area (Å²) in [6.07, 6.45) is -2.42. The fraction of sp³-hybridized carbons (Fsp3) is 0.632. The molecule has 2 saturated heterocycles. The highest BCUT2D eigenvalue weighted by atomic mass is 35.5. The molecule has 1 aromatic carbocycles. The highest BCUT2D eigenvalue weighted by Gasteiger charge is 2.57. The van der Waals surface area contributed by atoms with Crippen LogP contribution in [0.2, 0.25) is 0 Å². The fourth-order valence-electron chi connectivity index (χ4n) is 3.25. The molecule has 2 aliphatic heterocycles. The minimum atomic E-state index is -0.748. The number of carbonyl (C=O) groups excluding carboxylic acids is 1. The van der Waals surface area contributed by atoms with Crippen molar-refractivity contribution in [2.75, 3.05) is 5.88 Å². The van der Waals surface area contributed by atoms with E-state index in [1.165, 1.54) is 5.56 Å². The molecule has 2 aliphatic rings. The Morgan fingerprint density at radius 2 is 1.96 bits per heavy atom.